The fourth-order valence-corrected chi connectivity index (χ4v) is 1.66. The van der Waals surface area contributed by atoms with Crippen LogP contribution in [-0.2, 0) is 16.1 Å². The van der Waals surface area contributed by atoms with Crippen molar-refractivity contribution in [2.24, 2.45) is 5.92 Å². The molecule has 0 heterocycles. The summed E-state index contributed by atoms with van der Waals surface area (Å²) in [5.74, 6) is -0.796. The van der Waals surface area contributed by atoms with Gasteiger partial charge in [-0.05, 0) is 23.6 Å². The van der Waals surface area contributed by atoms with Crippen LogP contribution in [0.2, 0.25) is 0 Å². The standard InChI is InChI=1S/C14H19FN2O2/c1-9(2)13(17-10(3)18)14(19)16-8-11-4-6-12(15)7-5-11/h4-7,9,13H,8H2,1-3H3,(H,16,19)(H,17,18). The Bertz CT molecular complexity index is 443. The van der Waals surface area contributed by atoms with E-state index in [1.165, 1.54) is 19.1 Å². The highest BCUT2D eigenvalue weighted by atomic mass is 19.1. The van der Waals surface area contributed by atoms with Gasteiger partial charge in [-0.1, -0.05) is 26.0 Å². The van der Waals surface area contributed by atoms with Gasteiger partial charge in [0.15, 0.2) is 0 Å². The highest BCUT2D eigenvalue weighted by Crippen LogP contribution is 2.05. The molecule has 0 bridgehead atoms. The molecule has 1 aromatic rings. The van der Waals surface area contributed by atoms with Gasteiger partial charge in [0.1, 0.15) is 11.9 Å². The molecule has 1 atom stereocenters. The van der Waals surface area contributed by atoms with Crippen LogP contribution in [0, 0.1) is 11.7 Å². The highest BCUT2D eigenvalue weighted by Gasteiger charge is 2.22. The molecule has 0 saturated carbocycles. The zero-order valence-electron chi connectivity index (χ0n) is 11.4. The van der Waals surface area contributed by atoms with Crippen LogP contribution in [0.5, 0.6) is 0 Å². The van der Waals surface area contributed by atoms with Crippen LogP contribution in [0.15, 0.2) is 24.3 Å². The fourth-order valence-electron chi connectivity index (χ4n) is 1.66. The van der Waals surface area contributed by atoms with E-state index in [1.807, 2.05) is 13.8 Å². The van der Waals surface area contributed by atoms with E-state index in [9.17, 15) is 14.0 Å². The third kappa shape index (κ3) is 5.07. The first-order valence-corrected chi connectivity index (χ1v) is 6.19. The maximum Gasteiger partial charge on any atom is 0.243 e. The van der Waals surface area contributed by atoms with E-state index >= 15 is 0 Å². The van der Waals surface area contributed by atoms with Gasteiger partial charge in [0, 0.05) is 13.5 Å². The number of hydrogen-bond acceptors (Lipinski definition) is 2. The summed E-state index contributed by atoms with van der Waals surface area (Å²) in [7, 11) is 0. The Balaban J connectivity index is 2.57. The Kier molecular flexibility index (Phi) is 5.48. The van der Waals surface area contributed by atoms with E-state index in [0.717, 1.165) is 5.56 Å². The van der Waals surface area contributed by atoms with Gasteiger partial charge in [-0.3, -0.25) is 9.59 Å². The molecule has 104 valence electrons. The molecular formula is C14H19FN2O2. The number of rotatable bonds is 5. The molecule has 0 saturated heterocycles. The minimum absolute atomic E-state index is 0.00267. The summed E-state index contributed by atoms with van der Waals surface area (Å²) < 4.78 is 12.7. The lowest BCUT2D eigenvalue weighted by atomic mass is 10.0. The third-order valence-corrected chi connectivity index (χ3v) is 2.69. The quantitative estimate of drug-likeness (QED) is 0.850. The van der Waals surface area contributed by atoms with Gasteiger partial charge in [-0.25, -0.2) is 4.39 Å². The lowest BCUT2D eigenvalue weighted by Gasteiger charge is -2.20. The molecule has 1 rings (SSSR count). The van der Waals surface area contributed by atoms with Crippen molar-refractivity contribution in [3.63, 3.8) is 0 Å². The number of carbonyl (C=O) groups is 2. The van der Waals surface area contributed by atoms with Crippen LogP contribution in [-0.4, -0.2) is 17.9 Å². The molecular weight excluding hydrogens is 247 g/mol. The summed E-state index contributed by atoms with van der Waals surface area (Å²) in [5.41, 5.74) is 0.806. The summed E-state index contributed by atoms with van der Waals surface area (Å²) in [6, 6.07) is 5.35. The average molecular weight is 266 g/mol. The molecule has 0 aliphatic rings. The number of halogens is 1. The van der Waals surface area contributed by atoms with Crippen molar-refractivity contribution in [3.05, 3.63) is 35.6 Å². The predicted molar refractivity (Wildman–Crippen MR) is 70.7 cm³/mol. The number of hydrogen-bond donors (Lipinski definition) is 2. The second kappa shape index (κ2) is 6.87. The monoisotopic (exact) mass is 266 g/mol. The Morgan fingerprint density at radius 2 is 1.79 bits per heavy atom. The Labute approximate surface area is 112 Å². The Morgan fingerprint density at radius 1 is 1.21 bits per heavy atom. The zero-order chi connectivity index (χ0) is 14.4. The summed E-state index contributed by atoms with van der Waals surface area (Å²) in [5, 5.41) is 5.34. The number of nitrogens with one attached hydrogen (secondary N) is 2. The normalized spacial score (nSPS) is 12.1. The summed E-state index contributed by atoms with van der Waals surface area (Å²) in [6.07, 6.45) is 0. The first-order valence-electron chi connectivity index (χ1n) is 6.19. The topological polar surface area (TPSA) is 58.2 Å². The van der Waals surface area contributed by atoms with Crippen LogP contribution >= 0.6 is 0 Å². The second-order valence-electron chi connectivity index (χ2n) is 4.77. The van der Waals surface area contributed by atoms with Crippen molar-refractivity contribution in [2.75, 3.05) is 0 Å². The van der Waals surface area contributed by atoms with Crippen molar-refractivity contribution in [1.82, 2.24) is 10.6 Å². The highest BCUT2D eigenvalue weighted by molar-refractivity contribution is 5.86. The van der Waals surface area contributed by atoms with Crippen molar-refractivity contribution in [1.29, 1.82) is 0 Å². The van der Waals surface area contributed by atoms with Gasteiger partial charge in [-0.2, -0.15) is 0 Å². The van der Waals surface area contributed by atoms with E-state index in [-0.39, 0.29) is 23.5 Å². The van der Waals surface area contributed by atoms with Crippen molar-refractivity contribution in [2.45, 2.75) is 33.4 Å². The van der Waals surface area contributed by atoms with Crippen LogP contribution < -0.4 is 10.6 Å². The lowest BCUT2D eigenvalue weighted by Crippen LogP contribution is -2.48. The smallest absolute Gasteiger partial charge is 0.243 e. The summed E-state index contributed by atoms with van der Waals surface area (Å²) in [4.78, 5) is 23.0. The first-order chi connectivity index (χ1) is 8.90. The minimum Gasteiger partial charge on any atom is -0.350 e. The average Bonchev–Trinajstić information content (AvgIpc) is 2.34. The number of benzene rings is 1. The van der Waals surface area contributed by atoms with Gasteiger partial charge < -0.3 is 10.6 Å². The van der Waals surface area contributed by atoms with E-state index in [0.29, 0.717) is 6.54 Å². The van der Waals surface area contributed by atoms with Gasteiger partial charge in [0.25, 0.3) is 0 Å². The van der Waals surface area contributed by atoms with E-state index in [1.54, 1.807) is 12.1 Å². The van der Waals surface area contributed by atoms with E-state index in [4.69, 9.17) is 0 Å². The molecule has 0 aromatic heterocycles. The molecule has 0 radical (unpaired) electrons. The van der Waals surface area contributed by atoms with Crippen LogP contribution in [0.4, 0.5) is 4.39 Å². The zero-order valence-corrected chi connectivity index (χ0v) is 11.4. The molecule has 0 spiro atoms. The van der Waals surface area contributed by atoms with Crippen molar-refractivity contribution >= 4 is 11.8 Å². The molecule has 19 heavy (non-hydrogen) atoms. The second-order valence-corrected chi connectivity index (χ2v) is 4.77. The molecule has 1 aromatic carbocycles. The molecule has 2 N–H and O–H groups in total. The molecule has 5 heteroatoms. The Hall–Kier alpha value is -1.91. The molecule has 2 amide bonds. The van der Waals surface area contributed by atoms with Crippen molar-refractivity contribution < 1.29 is 14.0 Å². The molecule has 0 aliphatic heterocycles. The van der Waals surface area contributed by atoms with Crippen LogP contribution in [0.1, 0.15) is 26.3 Å². The first kappa shape index (κ1) is 15.1. The maximum absolute atomic E-state index is 12.7. The summed E-state index contributed by atoms with van der Waals surface area (Å²) in [6.45, 7) is 5.40. The Morgan fingerprint density at radius 3 is 2.26 bits per heavy atom. The van der Waals surface area contributed by atoms with E-state index < -0.39 is 6.04 Å². The number of amides is 2. The maximum atomic E-state index is 12.7. The van der Waals surface area contributed by atoms with Gasteiger partial charge in [0.2, 0.25) is 11.8 Å². The summed E-state index contributed by atoms with van der Waals surface area (Å²) >= 11 is 0. The van der Waals surface area contributed by atoms with Gasteiger partial charge in [0.05, 0.1) is 0 Å². The van der Waals surface area contributed by atoms with Crippen LogP contribution in [0.25, 0.3) is 0 Å². The minimum atomic E-state index is -0.557. The largest absolute Gasteiger partial charge is 0.350 e. The fraction of sp³-hybridized carbons (Fsp3) is 0.429. The SMILES string of the molecule is CC(=O)NC(C(=O)NCc1ccc(F)cc1)C(C)C. The van der Waals surface area contributed by atoms with Crippen LogP contribution in [0.3, 0.4) is 0 Å². The molecule has 0 aliphatic carbocycles. The molecule has 0 fully saturated rings. The number of carbonyl (C=O) groups excluding carboxylic acids is 2. The van der Waals surface area contributed by atoms with E-state index in [2.05, 4.69) is 10.6 Å². The molecule has 4 nitrogen and oxygen atoms in total. The lowest BCUT2D eigenvalue weighted by molar-refractivity contribution is -0.129. The van der Waals surface area contributed by atoms with Crippen molar-refractivity contribution in [3.8, 4) is 0 Å². The van der Waals surface area contributed by atoms with Gasteiger partial charge in [-0.15, -0.1) is 0 Å². The van der Waals surface area contributed by atoms with Gasteiger partial charge >= 0.3 is 0 Å². The molecule has 1 unspecified atom stereocenters. The predicted octanol–water partition coefficient (Wildman–Crippen LogP) is 1.60. The third-order valence-electron chi connectivity index (χ3n) is 2.69.